The van der Waals surface area contributed by atoms with Gasteiger partial charge in [0.25, 0.3) is 5.91 Å². The van der Waals surface area contributed by atoms with E-state index in [1.807, 2.05) is 6.92 Å². The molecule has 0 aromatic heterocycles. The molecule has 6 heteroatoms. The lowest BCUT2D eigenvalue weighted by Gasteiger charge is -2.31. The van der Waals surface area contributed by atoms with E-state index in [4.69, 9.17) is 14.6 Å². The molecule has 1 fully saturated rings. The first-order valence-electron chi connectivity index (χ1n) is 6.84. The summed E-state index contributed by atoms with van der Waals surface area (Å²) >= 11 is 0. The molecule has 0 saturated carbocycles. The first-order chi connectivity index (χ1) is 9.99. The van der Waals surface area contributed by atoms with Gasteiger partial charge in [-0.15, -0.1) is 0 Å². The van der Waals surface area contributed by atoms with Crippen molar-refractivity contribution in [1.82, 2.24) is 4.90 Å². The van der Waals surface area contributed by atoms with Crippen molar-refractivity contribution in [3.63, 3.8) is 0 Å². The van der Waals surface area contributed by atoms with E-state index in [9.17, 15) is 9.59 Å². The molecule has 1 atom stereocenters. The fourth-order valence-corrected chi connectivity index (χ4v) is 2.28. The van der Waals surface area contributed by atoms with Gasteiger partial charge in [0.05, 0.1) is 18.3 Å². The van der Waals surface area contributed by atoms with Crippen LogP contribution in [0.15, 0.2) is 18.2 Å². The molecule has 21 heavy (non-hydrogen) atoms. The highest BCUT2D eigenvalue weighted by molar-refractivity contribution is 5.90. The SMILES string of the molecule is Cc1c(OCC(=O)N2CCOC(C)C2)cccc1C(=O)O. The predicted molar refractivity (Wildman–Crippen MR) is 75.6 cm³/mol. The zero-order valence-corrected chi connectivity index (χ0v) is 12.2. The van der Waals surface area contributed by atoms with Crippen molar-refractivity contribution in [2.24, 2.45) is 0 Å². The third-order valence-corrected chi connectivity index (χ3v) is 3.46. The van der Waals surface area contributed by atoms with Gasteiger partial charge >= 0.3 is 5.97 Å². The summed E-state index contributed by atoms with van der Waals surface area (Å²) in [5.74, 6) is -0.707. The van der Waals surface area contributed by atoms with Crippen molar-refractivity contribution in [2.75, 3.05) is 26.3 Å². The minimum Gasteiger partial charge on any atom is -0.483 e. The number of hydrogen-bond acceptors (Lipinski definition) is 4. The average molecular weight is 293 g/mol. The Morgan fingerprint density at radius 1 is 1.48 bits per heavy atom. The van der Waals surface area contributed by atoms with Gasteiger partial charge in [-0.2, -0.15) is 0 Å². The van der Waals surface area contributed by atoms with Crippen LogP contribution in [0.3, 0.4) is 0 Å². The van der Waals surface area contributed by atoms with Crippen LogP contribution in [-0.2, 0) is 9.53 Å². The quantitative estimate of drug-likeness (QED) is 0.906. The summed E-state index contributed by atoms with van der Waals surface area (Å²) in [6.07, 6.45) is 0.0276. The number of ether oxygens (including phenoxy) is 2. The second-order valence-electron chi connectivity index (χ2n) is 5.04. The van der Waals surface area contributed by atoms with Gasteiger partial charge in [-0.3, -0.25) is 4.79 Å². The number of amides is 1. The third kappa shape index (κ3) is 3.72. The first-order valence-corrected chi connectivity index (χ1v) is 6.84. The molecular formula is C15H19NO5. The summed E-state index contributed by atoms with van der Waals surface area (Å²) < 4.78 is 10.9. The second kappa shape index (κ2) is 6.58. The molecule has 1 amide bonds. The van der Waals surface area contributed by atoms with Crippen LogP contribution in [0.4, 0.5) is 0 Å². The molecule has 1 unspecified atom stereocenters. The van der Waals surface area contributed by atoms with Crippen molar-refractivity contribution in [1.29, 1.82) is 0 Å². The number of carbonyl (C=O) groups excluding carboxylic acids is 1. The van der Waals surface area contributed by atoms with E-state index in [-0.39, 0.29) is 24.2 Å². The van der Waals surface area contributed by atoms with Crippen LogP contribution in [-0.4, -0.2) is 54.3 Å². The molecular weight excluding hydrogens is 274 g/mol. The third-order valence-electron chi connectivity index (χ3n) is 3.46. The van der Waals surface area contributed by atoms with Gasteiger partial charge in [0, 0.05) is 18.7 Å². The summed E-state index contributed by atoms with van der Waals surface area (Å²) in [5.41, 5.74) is 0.702. The van der Waals surface area contributed by atoms with Gasteiger partial charge in [0.1, 0.15) is 5.75 Å². The Morgan fingerprint density at radius 2 is 2.24 bits per heavy atom. The maximum atomic E-state index is 12.1. The van der Waals surface area contributed by atoms with Crippen LogP contribution in [0, 0.1) is 6.92 Å². The van der Waals surface area contributed by atoms with Crippen LogP contribution in [0.25, 0.3) is 0 Å². The molecule has 0 aliphatic carbocycles. The molecule has 1 aromatic carbocycles. The maximum absolute atomic E-state index is 12.1. The zero-order chi connectivity index (χ0) is 15.4. The highest BCUT2D eigenvalue weighted by atomic mass is 16.5. The Bertz CT molecular complexity index is 543. The van der Waals surface area contributed by atoms with Crippen molar-refractivity contribution in [2.45, 2.75) is 20.0 Å². The standard InChI is InChI=1S/C15H19NO5/c1-10-8-16(6-7-20-10)14(17)9-21-13-5-3-4-12(11(13)2)15(18)19/h3-5,10H,6-9H2,1-2H3,(H,18,19). The molecule has 1 aromatic rings. The molecule has 114 valence electrons. The predicted octanol–water partition coefficient (Wildman–Crippen LogP) is 1.32. The highest BCUT2D eigenvalue weighted by Crippen LogP contribution is 2.21. The molecule has 1 aliphatic rings. The number of nitrogens with zero attached hydrogens (tertiary/aromatic N) is 1. The van der Waals surface area contributed by atoms with E-state index in [0.29, 0.717) is 31.0 Å². The minimum absolute atomic E-state index is 0.0276. The highest BCUT2D eigenvalue weighted by Gasteiger charge is 2.22. The van der Waals surface area contributed by atoms with Gasteiger partial charge in [-0.25, -0.2) is 4.79 Å². The lowest BCUT2D eigenvalue weighted by atomic mass is 10.1. The molecule has 0 radical (unpaired) electrons. The Labute approximate surface area is 123 Å². The lowest BCUT2D eigenvalue weighted by molar-refractivity contribution is -0.140. The van der Waals surface area contributed by atoms with Crippen molar-refractivity contribution >= 4 is 11.9 Å². The molecule has 1 saturated heterocycles. The first kappa shape index (κ1) is 15.3. The Morgan fingerprint density at radius 3 is 2.90 bits per heavy atom. The second-order valence-corrected chi connectivity index (χ2v) is 5.04. The van der Waals surface area contributed by atoms with Gasteiger partial charge in [-0.05, 0) is 26.0 Å². The van der Waals surface area contributed by atoms with E-state index < -0.39 is 5.97 Å². The van der Waals surface area contributed by atoms with Crippen molar-refractivity contribution in [3.05, 3.63) is 29.3 Å². The van der Waals surface area contributed by atoms with E-state index in [1.165, 1.54) is 6.07 Å². The molecule has 1 aliphatic heterocycles. The molecule has 2 rings (SSSR count). The number of rotatable bonds is 4. The molecule has 6 nitrogen and oxygen atoms in total. The van der Waals surface area contributed by atoms with Crippen LogP contribution < -0.4 is 4.74 Å². The number of morpholine rings is 1. The summed E-state index contributed by atoms with van der Waals surface area (Å²) in [6.45, 7) is 5.12. The van der Waals surface area contributed by atoms with Gasteiger partial charge in [0.15, 0.2) is 6.61 Å². The van der Waals surface area contributed by atoms with Crippen LogP contribution in [0.2, 0.25) is 0 Å². The molecule has 1 heterocycles. The number of carboxylic acids is 1. The number of hydrogen-bond donors (Lipinski definition) is 1. The fraction of sp³-hybridized carbons (Fsp3) is 0.467. The van der Waals surface area contributed by atoms with Crippen molar-refractivity contribution < 1.29 is 24.2 Å². The van der Waals surface area contributed by atoms with Crippen molar-refractivity contribution in [3.8, 4) is 5.75 Å². The lowest BCUT2D eigenvalue weighted by Crippen LogP contribution is -2.46. The number of carbonyl (C=O) groups is 2. The molecule has 0 spiro atoms. The number of aromatic carboxylic acids is 1. The molecule has 1 N–H and O–H groups in total. The summed E-state index contributed by atoms with van der Waals surface area (Å²) in [7, 11) is 0. The van der Waals surface area contributed by atoms with Crippen LogP contribution in [0.5, 0.6) is 5.75 Å². The van der Waals surface area contributed by atoms with Crippen LogP contribution >= 0.6 is 0 Å². The van der Waals surface area contributed by atoms with Gasteiger partial charge in [-0.1, -0.05) is 6.07 Å². The largest absolute Gasteiger partial charge is 0.483 e. The molecule has 0 bridgehead atoms. The Balaban J connectivity index is 1.98. The Hall–Kier alpha value is -2.08. The van der Waals surface area contributed by atoms with E-state index in [0.717, 1.165) is 0 Å². The van der Waals surface area contributed by atoms with Crippen LogP contribution in [0.1, 0.15) is 22.8 Å². The average Bonchev–Trinajstić information content (AvgIpc) is 2.45. The van der Waals surface area contributed by atoms with E-state index in [2.05, 4.69) is 0 Å². The Kier molecular flexibility index (Phi) is 4.80. The summed E-state index contributed by atoms with van der Waals surface area (Å²) in [4.78, 5) is 24.8. The van der Waals surface area contributed by atoms with E-state index in [1.54, 1.807) is 24.0 Å². The topological polar surface area (TPSA) is 76.1 Å². The smallest absolute Gasteiger partial charge is 0.336 e. The number of benzene rings is 1. The van der Waals surface area contributed by atoms with E-state index >= 15 is 0 Å². The summed E-state index contributed by atoms with van der Waals surface area (Å²) in [5, 5.41) is 9.06. The van der Waals surface area contributed by atoms with Gasteiger partial charge < -0.3 is 19.5 Å². The minimum atomic E-state index is -1.01. The zero-order valence-electron chi connectivity index (χ0n) is 12.2. The monoisotopic (exact) mass is 293 g/mol. The normalized spacial score (nSPS) is 18.4. The fourth-order valence-electron chi connectivity index (χ4n) is 2.28. The number of carboxylic acid groups (broad SMARTS) is 1. The summed E-state index contributed by atoms with van der Waals surface area (Å²) in [6, 6.07) is 4.78. The van der Waals surface area contributed by atoms with Gasteiger partial charge in [0.2, 0.25) is 0 Å². The maximum Gasteiger partial charge on any atom is 0.336 e.